The molecule has 1 atom stereocenters. The third-order valence-electron chi connectivity index (χ3n) is 3.59. The fourth-order valence-electron chi connectivity index (χ4n) is 2.08. The molecule has 1 unspecified atom stereocenters. The molecular weight excluding hydrogens is 194 g/mol. The summed E-state index contributed by atoms with van der Waals surface area (Å²) in [6, 6.07) is 0. The van der Waals surface area contributed by atoms with Crippen LogP contribution in [0.2, 0.25) is 0 Å². The highest BCUT2D eigenvalue weighted by atomic mass is 14.9. The molecule has 1 nitrogen and oxygen atoms in total. The molecule has 94 valence electrons. The van der Waals surface area contributed by atoms with Crippen LogP contribution >= 0.6 is 0 Å². The van der Waals surface area contributed by atoms with Crippen molar-refractivity contribution in [1.29, 1.82) is 0 Å². The lowest BCUT2D eigenvalue weighted by Gasteiger charge is -2.34. The van der Waals surface area contributed by atoms with Crippen LogP contribution in [0.15, 0.2) is 24.4 Å². The molecule has 16 heavy (non-hydrogen) atoms. The Kier molecular flexibility index (Phi) is 6.47. The number of hydrogen-bond donors (Lipinski definition) is 1. The molecule has 0 aliphatic rings. The minimum atomic E-state index is 0.335. The molecule has 0 aromatic heterocycles. The van der Waals surface area contributed by atoms with E-state index >= 15 is 0 Å². The van der Waals surface area contributed by atoms with Gasteiger partial charge < -0.3 is 5.32 Å². The van der Waals surface area contributed by atoms with Crippen LogP contribution in [0, 0.1) is 11.3 Å². The van der Waals surface area contributed by atoms with Gasteiger partial charge in [-0.2, -0.15) is 0 Å². The van der Waals surface area contributed by atoms with Crippen molar-refractivity contribution < 1.29 is 0 Å². The van der Waals surface area contributed by atoms with Gasteiger partial charge in [-0.3, -0.25) is 0 Å². The summed E-state index contributed by atoms with van der Waals surface area (Å²) in [4.78, 5) is 0. The normalized spacial score (nSPS) is 13.3. The van der Waals surface area contributed by atoms with Gasteiger partial charge in [-0.15, -0.1) is 6.58 Å². The summed E-state index contributed by atoms with van der Waals surface area (Å²) in [5.74, 6) is 0.558. The lowest BCUT2D eigenvalue weighted by molar-refractivity contribution is 0.223. The molecule has 1 N–H and O–H groups in total. The molecule has 0 saturated carbocycles. The molecule has 0 spiro atoms. The van der Waals surface area contributed by atoms with E-state index in [0.29, 0.717) is 11.3 Å². The van der Waals surface area contributed by atoms with Crippen molar-refractivity contribution in [3.8, 4) is 0 Å². The van der Waals surface area contributed by atoms with Crippen molar-refractivity contribution >= 4 is 0 Å². The number of rotatable bonds is 8. The van der Waals surface area contributed by atoms with E-state index in [-0.39, 0.29) is 0 Å². The van der Waals surface area contributed by atoms with E-state index in [0.717, 1.165) is 19.4 Å². The molecule has 0 rings (SSSR count). The van der Waals surface area contributed by atoms with Gasteiger partial charge in [0.15, 0.2) is 0 Å². The highest BCUT2D eigenvalue weighted by Gasteiger charge is 2.28. The van der Waals surface area contributed by atoms with E-state index in [1.54, 1.807) is 0 Å². The molecule has 0 aliphatic heterocycles. The average Bonchev–Trinajstić information content (AvgIpc) is 2.17. The Labute approximate surface area is 102 Å². The minimum Gasteiger partial charge on any atom is -0.388 e. The summed E-state index contributed by atoms with van der Waals surface area (Å²) in [6.07, 6.45) is 3.37. The minimum absolute atomic E-state index is 0.335. The Balaban J connectivity index is 4.27. The van der Waals surface area contributed by atoms with Crippen molar-refractivity contribution in [2.75, 3.05) is 6.54 Å². The smallest absolute Gasteiger partial charge is 0.0180 e. The first kappa shape index (κ1) is 15.3. The van der Waals surface area contributed by atoms with Crippen LogP contribution in [0.4, 0.5) is 0 Å². The van der Waals surface area contributed by atoms with Gasteiger partial charge in [-0.1, -0.05) is 46.3 Å². The van der Waals surface area contributed by atoms with E-state index in [4.69, 9.17) is 0 Å². The zero-order chi connectivity index (χ0) is 12.8. The molecule has 0 aromatic carbocycles. The van der Waals surface area contributed by atoms with Gasteiger partial charge in [-0.05, 0) is 25.2 Å². The standard InChI is InChI=1S/C15H29N/c1-8-14(15(6,7)9-2)13(5)16-11-10-12(3)4/h14,16H,3,5,8-11H2,1-2,4,6-7H3. The predicted molar refractivity (Wildman–Crippen MR) is 74.4 cm³/mol. The Hall–Kier alpha value is -0.720. The summed E-state index contributed by atoms with van der Waals surface area (Å²) in [6.45, 7) is 20.3. The van der Waals surface area contributed by atoms with Gasteiger partial charge in [0.2, 0.25) is 0 Å². The number of hydrogen-bond acceptors (Lipinski definition) is 1. The first-order valence-electron chi connectivity index (χ1n) is 6.42. The van der Waals surface area contributed by atoms with Crippen LogP contribution in [0.3, 0.4) is 0 Å². The van der Waals surface area contributed by atoms with Gasteiger partial charge >= 0.3 is 0 Å². The Bertz CT molecular complexity index is 238. The quantitative estimate of drug-likeness (QED) is 0.597. The molecule has 0 radical (unpaired) electrons. The van der Waals surface area contributed by atoms with Crippen LogP contribution < -0.4 is 5.32 Å². The van der Waals surface area contributed by atoms with Gasteiger partial charge in [0, 0.05) is 18.2 Å². The van der Waals surface area contributed by atoms with Gasteiger partial charge in [0.05, 0.1) is 0 Å². The molecule has 1 heteroatoms. The highest BCUT2D eigenvalue weighted by Crippen LogP contribution is 2.36. The topological polar surface area (TPSA) is 12.0 Å². The molecule has 0 heterocycles. The van der Waals surface area contributed by atoms with Crippen molar-refractivity contribution in [2.45, 2.75) is 53.9 Å². The average molecular weight is 223 g/mol. The first-order valence-corrected chi connectivity index (χ1v) is 6.42. The van der Waals surface area contributed by atoms with Crippen LogP contribution in [0.25, 0.3) is 0 Å². The summed E-state index contributed by atoms with van der Waals surface area (Å²) in [5.41, 5.74) is 2.75. The summed E-state index contributed by atoms with van der Waals surface area (Å²) in [7, 11) is 0. The predicted octanol–water partition coefficient (Wildman–Crippen LogP) is 4.52. The van der Waals surface area contributed by atoms with Gasteiger partial charge in [0.25, 0.3) is 0 Å². The summed E-state index contributed by atoms with van der Waals surface area (Å²) in [5, 5.41) is 3.45. The van der Waals surface area contributed by atoms with Crippen molar-refractivity contribution in [3.63, 3.8) is 0 Å². The lowest BCUT2D eigenvalue weighted by atomic mass is 9.74. The summed E-state index contributed by atoms with van der Waals surface area (Å²) < 4.78 is 0. The SMILES string of the molecule is C=C(C)CCNC(=C)C(CC)C(C)(C)CC. The number of allylic oxidation sites excluding steroid dienone is 1. The fourth-order valence-corrected chi connectivity index (χ4v) is 2.08. The highest BCUT2D eigenvalue weighted by molar-refractivity contribution is 5.04. The molecule has 0 bridgehead atoms. The van der Waals surface area contributed by atoms with Crippen LogP contribution in [-0.2, 0) is 0 Å². The molecule has 0 amide bonds. The number of nitrogens with one attached hydrogen (secondary N) is 1. The third kappa shape index (κ3) is 4.87. The van der Waals surface area contributed by atoms with Gasteiger partial charge in [-0.25, -0.2) is 0 Å². The van der Waals surface area contributed by atoms with E-state index in [1.807, 2.05) is 0 Å². The monoisotopic (exact) mass is 223 g/mol. The maximum absolute atomic E-state index is 4.20. The van der Waals surface area contributed by atoms with Crippen molar-refractivity contribution in [3.05, 3.63) is 24.4 Å². The van der Waals surface area contributed by atoms with Crippen LogP contribution in [0.1, 0.15) is 53.9 Å². The molecular formula is C15H29N. The van der Waals surface area contributed by atoms with Crippen molar-refractivity contribution in [2.24, 2.45) is 11.3 Å². The van der Waals surface area contributed by atoms with E-state index in [2.05, 4.69) is 53.1 Å². The molecule has 0 aliphatic carbocycles. The third-order valence-corrected chi connectivity index (χ3v) is 3.59. The second-order valence-corrected chi connectivity index (χ2v) is 5.46. The van der Waals surface area contributed by atoms with E-state index < -0.39 is 0 Å². The Morgan fingerprint density at radius 1 is 1.25 bits per heavy atom. The largest absolute Gasteiger partial charge is 0.388 e. The van der Waals surface area contributed by atoms with E-state index in [1.165, 1.54) is 17.7 Å². The molecule has 0 saturated heterocycles. The fraction of sp³-hybridized carbons (Fsp3) is 0.733. The molecule has 0 fully saturated rings. The second-order valence-electron chi connectivity index (χ2n) is 5.46. The maximum Gasteiger partial charge on any atom is 0.0180 e. The van der Waals surface area contributed by atoms with Crippen LogP contribution in [0.5, 0.6) is 0 Å². The second kappa shape index (κ2) is 6.78. The Morgan fingerprint density at radius 3 is 2.19 bits per heavy atom. The zero-order valence-electron chi connectivity index (χ0n) is 11.8. The van der Waals surface area contributed by atoms with Crippen LogP contribution in [-0.4, -0.2) is 6.54 Å². The zero-order valence-corrected chi connectivity index (χ0v) is 11.8. The lowest BCUT2D eigenvalue weighted by Crippen LogP contribution is -2.31. The maximum atomic E-state index is 4.20. The summed E-state index contributed by atoms with van der Waals surface area (Å²) >= 11 is 0. The Morgan fingerprint density at radius 2 is 1.81 bits per heavy atom. The van der Waals surface area contributed by atoms with Crippen molar-refractivity contribution in [1.82, 2.24) is 5.32 Å². The van der Waals surface area contributed by atoms with E-state index in [9.17, 15) is 0 Å². The molecule has 0 aromatic rings. The van der Waals surface area contributed by atoms with Gasteiger partial charge in [0.1, 0.15) is 0 Å². The first-order chi connectivity index (χ1) is 7.35.